The van der Waals surface area contributed by atoms with Crippen molar-refractivity contribution in [2.24, 2.45) is 17.8 Å². The van der Waals surface area contributed by atoms with Crippen molar-refractivity contribution >= 4 is 0 Å². The smallest absolute Gasteiger partial charge is 0.0134 e. The van der Waals surface area contributed by atoms with Crippen LogP contribution in [0, 0.1) is 23.8 Å². The molecule has 2 fully saturated rings. The van der Waals surface area contributed by atoms with Crippen molar-refractivity contribution in [1.29, 1.82) is 0 Å². The molecule has 3 atom stereocenters. The van der Waals surface area contributed by atoms with Gasteiger partial charge in [0.05, 0.1) is 0 Å². The van der Waals surface area contributed by atoms with Crippen molar-refractivity contribution < 1.29 is 0 Å². The summed E-state index contributed by atoms with van der Waals surface area (Å²) >= 11 is 0. The van der Waals surface area contributed by atoms with Crippen LogP contribution in [0.25, 0.3) is 0 Å². The van der Waals surface area contributed by atoms with E-state index >= 15 is 0 Å². The van der Waals surface area contributed by atoms with Crippen LogP contribution in [0.3, 0.4) is 0 Å². The van der Waals surface area contributed by atoms with E-state index in [1.54, 1.807) is 0 Å². The summed E-state index contributed by atoms with van der Waals surface area (Å²) in [6.07, 6.45) is 8.97. The van der Waals surface area contributed by atoms with Gasteiger partial charge in [-0.15, -0.1) is 0 Å². The Hall–Kier alpha value is -0.260. The summed E-state index contributed by atoms with van der Waals surface area (Å²) in [5, 5.41) is 0. The molecule has 0 aromatic rings. The molecule has 0 aromatic heterocycles. The Morgan fingerprint density at radius 3 is 2.44 bits per heavy atom. The number of fused-ring (bicyclic) bond motifs is 2. The van der Waals surface area contributed by atoms with Crippen molar-refractivity contribution in [2.45, 2.75) is 25.7 Å². The van der Waals surface area contributed by atoms with E-state index < -0.39 is 0 Å². The molecule has 3 unspecified atom stereocenters. The Kier molecular flexibility index (Phi) is 1.14. The first-order chi connectivity index (χ1) is 4.40. The van der Waals surface area contributed by atoms with Crippen LogP contribution in [0.5, 0.6) is 0 Å². The standard InChI is InChI=1S/C9H13/c1-2-8-5-7-3-4-9(8)6-7/h7-9H,1,3-6H2. The Morgan fingerprint density at radius 2 is 2.11 bits per heavy atom. The molecule has 2 rings (SSSR count). The van der Waals surface area contributed by atoms with Crippen molar-refractivity contribution in [3.63, 3.8) is 0 Å². The molecule has 2 saturated carbocycles. The zero-order valence-corrected chi connectivity index (χ0v) is 5.77. The molecule has 9 heavy (non-hydrogen) atoms. The van der Waals surface area contributed by atoms with Crippen LogP contribution in [-0.2, 0) is 0 Å². The Morgan fingerprint density at radius 1 is 1.22 bits per heavy atom. The molecule has 2 bridgehead atoms. The predicted octanol–water partition coefficient (Wildman–Crippen LogP) is 2.41. The second-order valence-electron chi connectivity index (χ2n) is 3.49. The molecule has 1 radical (unpaired) electrons. The molecule has 2 aliphatic carbocycles. The Balaban J connectivity index is 2.09. The van der Waals surface area contributed by atoms with Crippen LogP contribution in [-0.4, -0.2) is 0 Å². The summed E-state index contributed by atoms with van der Waals surface area (Å²) < 4.78 is 0. The fourth-order valence-corrected chi connectivity index (χ4v) is 2.49. The Bertz CT molecular complexity index is 126. The van der Waals surface area contributed by atoms with Gasteiger partial charge in [0.15, 0.2) is 0 Å². The van der Waals surface area contributed by atoms with E-state index in [2.05, 4.69) is 12.7 Å². The molecule has 0 heterocycles. The van der Waals surface area contributed by atoms with E-state index in [-0.39, 0.29) is 0 Å². The first-order valence-corrected chi connectivity index (χ1v) is 3.93. The Labute approximate surface area is 57.0 Å². The van der Waals surface area contributed by atoms with Crippen LogP contribution < -0.4 is 0 Å². The average molecular weight is 121 g/mol. The molecular formula is C9H13. The molecule has 0 amide bonds. The lowest BCUT2D eigenvalue weighted by molar-refractivity contribution is 0.386. The van der Waals surface area contributed by atoms with Crippen molar-refractivity contribution in [2.75, 3.05) is 0 Å². The maximum atomic E-state index is 3.74. The second kappa shape index (κ2) is 1.86. The van der Waals surface area contributed by atoms with Crippen LogP contribution in [0.1, 0.15) is 25.7 Å². The maximum Gasteiger partial charge on any atom is -0.0134 e. The summed E-state index contributed by atoms with van der Waals surface area (Å²) in [5.41, 5.74) is 0. The predicted molar refractivity (Wildman–Crippen MR) is 37.8 cm³/mol. The van der Waals surface area contributed by atoms with E-state index in [4.69, 9.17) is 0 Å². The molecule has 0 spiro atoms. The van der Waals surface area contributed by atoms with E-state index in [0.717, 1.165) is 17.8 Å². The van der Waals surface area contributed by atoms with E-state index in [9.17, 15) is 0 Å². The molecule has 0 N–H and O–H groups in total. The summed E-state index contributed by atoms with van der Waals surface area (Å²) in [5.74, 6) is 2.80. The summed E-state index contributed by atoms with van der Waals surface area (Å²) in [6, 6.07) is 0. The van der Waals surface area contributed by atoms with Gasteiger partial charge in [-0.3, -0.25) is 0 Å². The fraction of sp³-hybridized carbons (Fsp3) is 0.778. The van der Waals surface area contributed by atoms with E-state index in [1.807, 2.05) is 0 Å². The SMILES string of the molecule is C=[C]C1CC2CCC1C2. The van der Waals surface area contributed by atoms with Gasteiger partial charge in [-0.1, -0.05) is 13.0 Å². The monoisotopic (exact) mass is 121 g/mol. The molecule has 49 valence electrons. The maximum absolute atomic E-state index is 3.74. The highest BCUT2D eigenvalue weighted by Crippen LogP contribution is 2.48. The first-order valence-electron chi connectivity index (χ1n) is 3.93. The van der Waals surface area contributed by atoms with Crippen molar-refractivity contribution in [3.8, 4) is 0 Å². The minimum atomic E-state index is 0.767. The lowest BCUT2D eigenvalue weighted by Crippen LogP contribution is -2.06. The summed E-state index contributed by atoms with van der Waals surface area (Å²) in [4.78, 5) is 0. The van der Waals surface area contributed by atoms with Gasteiger partial charge in [0, 0.05) is 0 Å². The minimum absolute atomic E-state index is 0.767. The fourth-order valence-electron chi connectivity index (χ4n) is 2.49. The van der Waals surface area contributed by atoms with Crippen molar-refractivity contribution in [1.82, 2.24) is 0 Å². The van der Waals surface area contributed by atoms with Gasteiger partial charge >= 0.3 is 0 Å². The lowest BCUT2D eigenvalue weighted by atomic mass is 9.89. The zero-order chi connectivity index (χ0) is 6.27. The highest BCUT2D eigenvalue weighted by molar-refractivity contribution is 4.93. The summed E-state index contributed by atoms with van der Waals surface area (Å²) in [7, 11) is 0. The van der Waals surface area contributed by atoms with Crippen LogP contribution in [0.15, 0.2) is 6.58 Å². The number of allylic oxidation sites excluding steroid dienone is 1. The van der Waals surface area contributed by atoms with Gasteiger partial charge < -0.3 is 0 Å². The average Bonchev–Trinajstić information content (AvgIpc) is 2.45. The highest BCUT2D eigenvalue weighted by Gasteiger charge is 2.37. The third-order valence-electron chi connectivity index (χ3n) is 3.00. The van der Waals surface area contributed by atoms with E-state index in [1.165, 1.54) is 25.7 Å². The molecule has 0 aliphatic heterocycles. The number of hydrogen-bond acceptors (Lipinski definition) is 0. The molecule has 0 heteroatoms. The lowest BCUT2D eigenvalue weighted by Gasteiger charge is -2.16. The topological polar surface area (TPSA) is 0 Å². The normalized spacial score (nSPS) is 47.8. The van der Waals surface area contributed by atoms with Gasteiger partial charge in [0.1, 0.15) is 0 Å². The third-order valence-corrected chi connectivity index (χ3v) is 3.00. The van der Waals surface area contributed by atoms with Crippen LogP contribution in [0.2, 0.25) is 0 Å². The molecule has 0 aromatic carbocycles. The van der Waals surface area contributed by atoms with Gasteiger partial charge in [0.2, 0.25) is 0 Å². The second-order valence-corrected chi connectivity index (χ2v) is 3.49. The van der Waals surface area contributed by atoms with Crippen LogP contribution in [0.4, 0.5) is 0 Å². The van der Waals surface area contributed by atoms with E-state index in [0.29, 0.717) is 0 Å². The molecule has 2 aliphatic rings. The largest absolute Gasteiger partial charge is 0.0953 e. The quantitative estimate of drug-likeness (QED) is 0.499. The van der Waals surface area contributed by atoms with Crippen LogP contribution >= 0.6 is 0 Å². The minimum Gasteiger partial charge on any atom is -0.0953 e. The summed E-state index contributed by atoms with van der Waals surface area (Å²) in [6.45, 7) is 3.74. The molecular weight excluding hydrogens is 108 g/mol. The number of rotatable bonds is 1. The molecule has 0 nitrogen and oxygen atoms in total. The third kappa shape index (κ3) is 0.726. The van der Waals surface area contributed by atoms with Gasteiger partial charge in [-0.05, 0) is 43.1 Å². The zero-order valence-electron chi connectivity index (χ0n) is 5.77. The number of hydrogen-bond donors (Lipinski definition) is 0. The highest BCUT2D eigenvalue weighted by atomic mass is 14.4. The van der Waals surface area contributed by atoms with Gasteiger partial charge in [-0.25, -0.2) is 0 Å². The van der Waals surface area contributed by atoms with Gasteiger partial charge in [0.25, 0.3) is 0 Å². The first kappa shape index (κ1) is 5.52. The van der Waals surface area contributed by atoms with Crippen molar-refractivity contribution in [3.05, 3.63) is 12.7 Å². The van der Waals surface area contributed by atoms with Gasteiger partial charge in [-0.2, -0.15) is 0 Å². The molecule has 0 saturated heterocycles.